The van der Waals surface area contributed by atoms with Crippen LogP contribution < -0.4 is 16.0 Å². The van der Waals surface area contributed by atoms with Crippen LogP contribution in [-0.4, -0.2) is 41.0 Å². The summed E-state index contributed by atoms with van der Waals surface area (Å²) in [5, 5.41) is 30.3. The van der Waals surface area contributed by atoms with Crippen LogP contribution in [0.3, 0.4) is 0 Å². The van der Waals surface area contributed by atoms with Gasteiger partial charge in [-0.05, 0) is 59.9 Å². The molecule has 0 aliphatic heterocycles. The van der Waals surface area contributed by atoms with Gasteiger partial charge >= 0.3 is 12.1 Å². The zero-order valence-electron chi connectivity index (χ0n) is 14.4. The van der Waals surface area contributed by atoms with Gasteiger partial charge in [0, 0.05) is 12.6 Å². The van der Waals surface area contributed by atoms with Crippen molar-refractivity contribution in [1.82, 2.24) is 16.0 Å². The molecule has 0 saturated carbocycles. The van der Waals surface area contributed by atoms with Crippen LogP contribution in [0.2, 0.25) is 0 Å². The molecule has 1 heterocycles. The van der Waals surface area contributed by atoms with Crippen molar-refractivity contribution in [3.8, 4) is 5.75 Å². The molecular weight excluding hydrogens is 354 g/mol. The van der Waals surface area contributed by atoms with Gasteiger partial charge in [-0.15, -0.1) is 0 Å². The Morgan fingerprint density at radius 2 is 1.81 bits per heavy atom. The van der Waals surface area contributed by atoms with E-state index in [9.17, 15) is 14.7 Å². The SMILES string of the molecule is CC(Cc1ccsc1)NC(=O)NCC(Cc1ccc(O)cc1)NC(=O)O. The maximum Gasteiger partial charge on any atom is 0.404 e. The van der Waals surface area contributed by atoms with Gasteiger partial charge in [-0.1, -0.05) is 12.1 Å². The van der Waals surface area contributed by atoms with Crippen LogP contribution in [0.15, 0.2) is 41.1 Å². The van der Waals surface area contributed by atoms with E-state index < -0.39 is 12.1 Å². The number of thiophene rings is 1. The quantitative estimate of drug-likeness (QED) is 0.487. The van der Waals surface area contributed by atoms with E-state index in [1.54, 1.807) is 35.6 Å². The normalized spacial score (nSPS) is 12.8. The van der Waals surface area contributed by atoms with Crippen LogP contribution >= 0.6 is 11.3 Å². The van der Waals surface area contributed by atoms with Crippen LogP contribution in [0, 0.1) is 0 Å². The van der Waals surface area contributed by atoms with E-state index in [1.807, 2.05) is 23.8 Å². The van der Waals surface area contributed by atoms with Gasteiger partial charge in [0.25, 0.3) is 0 Å². The highest BCUT2D eigenvalue weighted by Crippen LogP contribution is 2.11. The minimum atomic E-state index is -1.15. The first-order valence-electron chi connectivity index (χ1n) is 8.25. The smallest absolute Gasteiger partial charge is 0.404 e. The molecular formula is C18H23N3O4S. The molecule has 26 heavy (non-hydrogen) atoms. The van der Waals surface area contributed by atoms with Gasteiger partial charge < -0.3 is 26.2 Å². The Morgan fingerprint density at radius 1 is 1.08 bits per heavy atom. The summed E-state index contributed by atoms with van der Waals surface area (Å²) >= 11 is 1.61. The predicted molar refractivity (Wildman–Crippen MR) is 101 cm³/mol. The molecule has 0 aliphatic rings. The fourth-order valence-corrected chi connectivity index (χ4v) is 3.25. The molecule has 8 heteroatoms. The van der Waals surface area contributed by atoms with Crippen molar-refractivity contribution >= 4 is 23.5 Å². The van der Waals surface area contributed by atoms with Crippen molar-refractivity contribution in [2.45, 2.75) is 31.8 Å². The Hall–Kier alpha value is -2.74. The molecule has 1 aromatic heterocycles. The predicted octanol–water partition coefficient (Wildman–Crippen LogP) is 2.56. The Labute approximate surface area is 156 Å². The topological polar surface area (TPSA) is 111 Å². The van der Waals surface area contributed by atoms with E-state index in [4.69, 9.17) is 5.11 Å². The van der Waals surface area contributed by atoms with Crippen LogP contribution in [0.25, 0.3) is 0 Å². The Morgan fingerprint density at radius 3 is 2.42 bits per heavy atom. The van der Waals surface area contributed by atoms with Crippen LogP contribution in [-0.2, 0) is 12.8 Å². The monoisotopic (exact) mass is 377 g/mol. The van der Waals surface area contributed by atoms with Gasteiger partial charge in [0.15, 0.2) is 0 Å². The molecule has 2 aromatic rings. The lowest BCUT2D eigenvalue weighted by molar-refractivity contribution is 0.189. The van der Waals surface area contributed by atoms with Crippen LogP contribution in [0.5, 0.6) is 5.75 Å². The van der Waals surface area contributed by atoms with Gasteiger partial charge in [-0.2, -0.15) is 11.3 Å². The zero-order chi connectivity index (χ0) is 18.9. The summed E-state index contributed by atoms with van der Waals surface area (Å²) in [6.07, 6.45) is -0.0136. The number of benzene rings is 1. The first-order chi connectivity index (χ1) is 12.4. The molecule has 140 valence electrons. The number of rotatable bonds is 8. The van der Waals surface area contributed by atoms with Gasteiger partial charge in [0.05, 0.1) is 6.04 Å². The molecule has 0 spiro atoms. The summed E-state index contributed by atoms with van der Waals surface area (Å²) in [5.41, 5.74) is 2.02. The second-order valence-corrected chi connectivity index (χ2v) is 6.89. The number of phenols is 1. The van der Waals surface area contributed by atoms with E-state index in [-0.39, 0.29) is 24.4 Å². The second kappa shape index (κ2) is 9.67. The number of carboxylic acid groups (broad SMARTS) is 1. The molecule has 0 saturated heterocycles. The number of hydrogen-bond donors (Lipinski definition) is 5. The van der Waals surface area contributed by atoms with Crippen molar-refractivity contribution < 1.29 is 19.8 Å². The maximum absolute atomic E-state index is 12.0. The Balaban J connectivity index is 1.82. The molecule has 1 aromatic carbocycles. The molecule has 3 amide bonds. The third-order valence-electron chi connectivity index (χ3n) is 3.75. The van der Waals surface area contributed by atoms with Crippen LogP contribution in [0.4, 0.5) is 9.59 Å². The number of hydrogen-bond acceptors (Lipinski definition) is 4. The molecule has 5 N–H and O–H groups in total. The maximum atomic E-state index is 12.0. The van der Waals surface area contributed by atoms with Gasteiger partial charge in [0.1, 0.15) is 5.75 Å². The molecule has 2 rings (SSSR count). The van der Waals surface area contributed by atoms with Crippen LogP contribution in [0.1, 0.15) is 18.1 Å². The van der Waals surface area contributed by atoms with Gasteiger partial charge in [-0.3, -0.25) is 0 Å². The highest BCUT2D eigenvalue weighted by atomic mass is 32.1. The van der Waals surface area contributed by atoms with Crippen molar-refractivity contribution in [3.63, 3.8) is 0 Å². The Bertz CT molecular complexity index is 704. The van der Waals surface area contributed by atoms with E-state index in [0.29, 0.717) is 6.42 Å². The summed E-state index contributed by atoms with van der Waals surface area (Å²) < 4.78 is 0. The van der Waals surface area contributed by atoms with Gasteiger partial charge in [0.2, 0.25) is 0 Å². The number of aromatic hydroxyl groups is 1. The highest BCUT2D eigenvalue weighted by molar-refractivity contribution is 7.07. The summed E-state index contributed by atoms with van der Waals surface area (Å²) in [4.78, 5) is 23.0. The number of urea groups is 1. The number of phenolic OH excluding ortho intramolecular Hbond substituents is 1. The van der Waals surface area contributed by atoms with Crippen molar-refractivity contribution in [2.75, 3.05) is 6.54 Å². The first kappa shape index (κ1) is 19.6. The average molecular weight is 377 g/mol. The first-order valence-corrected chi connectivity index (χ1v) is 9.19. The summed E-state index contributed by atoms with van der Waals surface area (Å²) in [5.74, 6) is 0.147. The standard InChI is InChI=1S/C18H23N3O4S/c1-12(8-14-6-7-26-11-14)20-17(23)19-10-15(21-18(24)25)9-13-2-4-16(22)5-3-13/h2-7,11-12,15,21-22H,8-10H2,1H3,(H,24,25)(H2,19,20,23). The number of amides is 3. The Kier molecular flexibility index (Phi) is 7.28. The molecule has 0 fully saturated rings. The van der Waals surface area contributed by atoms with E-state index in [2.05, 4.69) is 16.0 Å². The second-order valence-electron chi connectivity index (χ2n) is 6.11. The fourth-order valence-electron chi connectivity index (χ4n) is 2.57. The van der Waals surface area contributed by atoms with Crippen molar-refractivity contribution in [2.24, 2.45) is 0 Å². The van der Waals surface area contributed by atoms with Crippen molar-refractivity contribution in [3.05, 3.63) is 52.2 Å². The van der Waals surface area contributed by atoms with E-state index >= 15 is 0 Å². The minimum absolute atomic E-state index is 0.0346. The molecule has 2 atom stereocenters. The summed E-state index contributed by atoms with van der Waals surface area (Å²) in [7, 11) is 0. The summed E-state index contributed by atoms with van der Waals surface area (Å²) in [6.45, 7) is 2.07. The van der Waals surface area contributed by atoms with E-state index in [1.165, 1.54) is 5.56 Å². The molecule has 7 nitrogen and oxygen atoms in total. The lowest BCUT2D eigenvalue weighted by atomic mass is 10.1. The molecule has 0 radical (unpaired) electrons. The average Bonchev–Trinajstić information content (AvgIpc) is 3.07. The number of nitrogens with one attached hydrogen (secondary N) is 3. The zero-order valence-corrected chi connectivity index (χ0v) is 15.3. The highest BCUT2D eigenvalue weighted by Gasteiger charge is 2.15. The largest absolute Gasteiger partial charge is 0.508 e. The molecule has 0 bridgehead atoms. The lowest BCUT2D eigenvalue weighted by Crippen LogP contribution is -2.48. The fraction of sp³-hybridized carbons (Fsp3) is 0.333. The summed E-state index contributed by atoms with van der Waals surface area (Å²) in [6, 6.07) is 7.69. The third-order valence-corrected chi connectivity index (χ3v) is 4.49. The number of carbonyl (C=O) groups excluding carboxylic acids is 1. The minimum Gasteiger partial charge on any atom is -0.508 e. The molecule has 2 unspecified atom stereocenters. The number of carbonyl (C=O) groups is 2. The van der Waals surface area contributed by atoms with Gasteiger partial charge in [-0.25, -0.2) is 9.59 Å². The lowest BCUT2D eigenvalue weighted by Gasteiger charge is -2.19. The molecule has 0 aliphatic carbocycles. The van der Waals surface area contributed by atoms with E-state index in [0.717, 1.165) is 12.0 Å². The third kappa shape index (κ3) is 7.02. The van der Waals surface area contributed by atoms with Crippen molar-refractivity contribution in [1.29, 1.82) is 0 Å².